The molecule has 1 aliphatic carbocycles. The van der Waals surface area contributed by atoms with E-state index in [4.69, 9.17) is 5.11 Å². The molecule has 18 heavy (non-hydrogen) atoms. The van der Waals surface area contributed by atoms with Crippen molar-refractivity contribution in [1.29, 1.82) is 0 Å². The minimum atomic E-state index is -1.05. The Morgan fingerprint density at radius 2 is 2.06 bits per heavy atom. The Labute approximate surface area is 106 Å². The van der Waals surface area contributed by atoms with Crippen LogP contribution < -0.4 is 10.6 Å². The largest absolute Gasteiger partial charge is 0.480 e. The average molecular weight is 250 g/mol. The van der Waals surface area contributed by atoms with E-state index in [0.717, 1.165) is 18.7 Å². The van der Waals surface area contributed by atoms with Gasteiger partial charge in [0.2, 0.25) is 0 Å². The molecule has 1 fully saturated rings. The van der Waals surface area contributed by atoms with Gasteiger partial charge < -0.3 is 15.7 Å². The van der Waals surface area contributed by atoms with Crippen molar-refractivity contribution in [2.24, 2.45) is 0 Å². The molecule has 2 rings (SSSR count). The first-order chi connectivity index (χ1) is 8.47. The summed E-state index contributed by atoms with van der Waals surface area (Å²) in [5.74, 6) is 0.326. The minimum absolute atomic E-state index is 0.486. The van der Waals surface area contributed by atoms with E-state index in [-0.39, 0.29) is 0 Å². The van der Waals surface area contributed by atoms with Crippen molar-refractivity contribution >= 4 is 17.6 Å². The summed E-state index contributed by atoms with van der Waals surface area (Å²) in [5.41, 5.74) is -1.05. The molecule has 1 aliphatic rings. The van der Waals surface area contributed by atoms with Crippen LogP contribution >= 0.6 is 0 Å². The third-order valence-corrected chi connectivity index (χ3v) is 3.10. The molecule has 1 aromatic heterocycles. The summed E-state index contributed by atoms with van der Waals surface area (Å²) in [6.45, 7) is 3.19. The monoisotopic (exact) mass is 250 g/mol. The average Bonchev–Trinajstić information content (AvgIpc) is 2.23. The van der Waals surface area contributed by atoms with Crippen LogP contribution in [0.5, 0.6) is 0 Å². The number of rotatable bonds is 5. The number of nitrogens with one attached hydrogen (secondary N) is 2. The number of anilines is 2. The maximum Gasteiger partial charge on any atom is 0.328 e. The van der Waals surface area contributed by atoms with Crippen LogP contribution in [-0.4, -0.2) is 32.6 Å². The van der Waals surface area contributed by atoms with Gasteiger partial charge in [0.25, 0.3) is 0 Å². The number of nitrogens with zero attached hydrogens (tertiary/aromatic N) is 2. The predicted octanol–water partition coefficient (Wildman–Crippen LogP) is 1.72. The van der Waals surface area contributed by atoms with Crippen molar-refractivity contribution in [3.8, 4) is 0 Å². The highest BCUT2D eigenvalue weighted by Gasteiger charge is 2.27. The SMILES string of the molecule is CC(C)(Nc1cc(NC2CCC2)ncn1)C(=O)O. The number of aromatic nitrogens is 2. The molecule has 0 atom stereocenters. The summed E-state index contributed by atoms with van der Waals surface area (Å²) in [6.07, 6.45) is 5.00. The number of aliphatic carboxylic acids is 1. The fourth-order valence-corrected chi connectivity index (χ4v) is 1.64. The van der Waals surface area contributed by atoms with E-state index >= 15 is 0 Å². The zero-order valence-electron chi connectivity index (χ0n) is 10.6. The van der Waals surface area contributed by atoms with Crippen molar-refractivity contribution < 1.29 is 9.90 Å². The normalized spacial score (nSPS) is 15.9. The van der Waals surface area contributed by atoms with Crippen molar-refractivity contribution in [2.45, 2.75) is 44.7 Å². The van der Waals surface area contributed by atoms with Crippen LogP contribution in [0.1, 0.15) is 33.1 Å². The van der Waals surface area contributed by atoms with Gasteiger partial charge in [-0.15, -0.1) is 0 Å². The van der Waals surface area contributed by atoms with Gasteiger partial charge >= 0.3 is 5.97 Å². The number of hydrogen-bond acceptors (Lipinski definition) is 5. The molecule has 3 N–H and O–H groups in total. The molecule has 0 bridgehead atoms. The van der Waals surface area contributed by atoms with Gasteiger partial charge in [0.05, 0.1) is 0 Å². The highest BCUT2D eigenvalue weighted by Crippen LogP contribution is 2.23. The van der Waals surface area contributed by atoms with Crippen molar-refractivity contribution in [1.82, 2.24) is 9.97 Å². The number of hydrogen-bond donors (Lipinski definition) is 3. The minimum Gasteiger partial charge on any atom is -0.480 e. The molecule has 0 aromatic carbocycles. The van der Waals surface area contributed by atoms with Gasteiger partial charge in [-0.05, 0) is 33.1 Å². The number of carboxylic acids is 1. The fourth-order valence-electron chi connectivity index (χ4n) is 1.64. The van der Waals surface area contributed by atoms with Crippen LogP contribution in [0.3, 0.4) is 0 Å². The van der Waals surface area contributed by atoms with Crippen molar-refractivity contribution in [3.05, 3.63) is 12.4 Å². The van der Waals surface area contributed by atoms with E-state index in [1.165, 1.54) is 12.7 Å². The van der Waals surface area contributed by atoms with Crippen LogP contribution in [0.25, 0.3) is 0 Å². The fraction of sp³-hybridized carbons (Fsp3) is 0.583. The standard InChI is InChI=1S/C12H18N4O2/c1-12(2,11(17)18)16-10-6-9(13-7-14-10)15-8-4-3-5-8/h6-8H,3-5H2,1-2H3,(H,17,18)(H2,13,14,15,16). The smallest absolute Gasteiger partial charge is 0.328 e. The van der Waals surface area contributed by atoms with Gasteiger partial charge in [0.1, 0.15) is 23.5 Å². The quantitative estimate of drug-likeness (QED) is 0.737. The highest BCUT2D eigenvalue weighted by molar-refractivity contribution is 5.81. The van der Waals surface area contributed by atoms with Crippen LogP contribution in [0.15, 0.2) is 12.4 Å². The van der Waals surface area contributed by atoms with Gasteiger partial charge in [0, 0.05) is 12.1 Å². The number of carboxylic acid groups (broad SMARTS) is 1. The molecular weight excluding hydrogens is 232 g/mol. The van der Waals surface area contributed by atoms with Crippen LogP contribution in [0, 0.1) is 0 Å². The van der Waals surface area contributed by atoms with Crippen molar-refractivity contribution in [2.75, 3.05) is 10.6 Å². The maximum atomic E-state index is 11.0. The second-order valence-corrected chi connectivity index (χ2v) is 5.12. The van der Waals surface area contributed by atoms with E-state index in [1.807, 2.05) is 0 Å². The first-order valence-corrected chi connectivity index (χ1v) is 6.07. The van der Waals surface area contributed by atoms with Crippen LogP contribution in [0.2, 0.25) is 0 Å². The summed E-state index contributed by atoms with van der Waals surface area (Å²) in [5, 5.41) is 15.2. The summed E-state index contributed by atoms with van der Waals surface area (Å²) >= 11 is 0. The van der Waals surface area contributed by atoms with Crippen LogP contribution in [-0.2, 0) is 4.79 Å². The molecule has 0 spiro atoms. The Bertz CT molecular complexity index is 443. The lowest BCUT2D eigenvalue weighted by Crippen LogP contribution is -2.40. The lowest BCUT2D eigenvalue weighted by Gasteiger charge is -2.27. The predicted molar refractivity (Wildman–Crippen MR) is 68.6 cm³/mol. The Morgan fingerprint density at radius 1 is 1.39 bits per heavy atom. The molecule has 0 amide bonds. The molecule has 0 saturated heterocycles. The first-order valence-electron chi connectivity index (χ1n) is 6.07. The zero-order chi connectivity index (χ0) is 13.2. The summed E-state index contributed by atoms with van der Waals surface area (Å²) < 4.78 is 0. The molecular formula is C12H18N4O2. The molecule has 6 nitrogen and oxygen atoms in total. The summed E-state index contributed by atoms with van der Waals surface area (Å²) in [7, 11) is 0. The third-order valence-electron chi connectivity index (χ3n) is 3.10. The second-order valence-electron chi connectivity index (χ2n) is 5.12. The molecule has 1 aromatic rings. The van der Waals surface area contributed by atoms with Gasteiger partial charge in [-0.1, -0.05) is 0 Å². The van der Waals surface area contributed by atoms with Gasteiger partial charge in [0.15, 0.2) is 0 Å². The maximum absolute atomic E-state index is 11.0. The lowest BCUT2D eigenvalue weighted by atomic mass is 9.93. The second kappa shape index (κ2) is 4.80. The molecule has 1 saturated carbocycles. The molecule has 6 heteroatoms. The topological polar surface area (TPSA) is 87.1 Å². The van der Waals surface area contributed by atoms with E-state index in [0.29, 0.717) is 11.9 Å². The van der Waals surface area contributed by atoms with Gasteiger partial charge in [-0.25, -0.2) is 14.8 Å². The van der Waals surface area contributed by atoms with E-state index in [2.05, 4.69) is 20.6 Å². The molecule has 0 radical (unpaired) electrons. The Hall–Kier alpha value is -1.85. The first kappa shape index (κ1) is 12.6. The molecule has 0 aliphatic heterocycles. The van der Waals surface area contributed by atoms with E-state index in [9.17, 15) is 4.79 Å². The third kappa shape index (κ3) is 2.88. The van der Waals surface area contributed by atoms with E-state index in [1.54, 1.807) is 19.9 Å². The molecule has 0 unspecified atom stereocenters. The molecule has 98 valence electrons. The molecule has 1 heterocycles. The highest BCUT2D eigenvalue weighted by atomic mass is 16.4. The van der Waals surface area contributed by atoms with E-state index < -0.39 is 11.5 Å². The van der Waals surface area contributed by atoms with Gasteiger partial charge in [-0.3, -0.25) is 0 Å². The van der Waals surface area contributed by atoms with Crippen molar-refractivity contribution in [3.63, 3.8) is 0 Å². The Balaban J connectivity index is 2.04. The number of carbonyl (C=O) groups is 1. The lowest BCUT2D eigenvalue weighted by molar-refractivity contribution is -0.141. The van der Waals surface area contributed by atoms with Crippen LogP contribution in [0.4, 0.5) is 11.6 Å². The zero-order valence-corrected chi connectivity index (χ0v) is 10.6. The summed E-state index contributed by atoms with van der Waals surface area (Å²) in [6, 6.07) is 2.23. The Kier molecular flexibility index (Phi) is 3.36. The summed E-state index contributed by atoms with van der Waals surface area (Å²) in [4.78, 5) is 19.2. The van der Waals surface area contributed by atoms with Gasteiger partial charge in [-0.2, -0.15) is 0 Å². The Morgan fingerprint density at radius 3 is 2.61 bits per heavy atom.